The van der Waals surface area contributed by atoms with E-state index in [0.717, 1.165) is 35.5 Å². The van der Waals surface area contributed by atoms with Crippen LogP contribution in [-0.4, -0.2) is 24.4 Å². The molecule has 0 N–H and O–H groups in total. The molecule has 0 aromatic carbocycles. The van der Waals surface area contributed by atoms with Gasteiger partial charge in [-0.15, -0.1) is 0 Å². The van der Waals surface area contributed by atoms with Crippen LogP contribution in [0.4, 0.5) is 0 Å². The first-order valence-corrected chi connectivity index (χ1v) is 7.68. The van der Waals surface area contributed by atoms with Crippen LogP contribution in [0, 0.1) is 40.9 Å². The quantitative estimate of drug-likeness (QED) is 0.593. The van der Waals surface area contributed by atoms with Gasteiger partial charge in [-0.25, -0.2) is 0 Å². The summed E-state index contributed by atoms with van der Waals surface area (Å²) in [5, 5.41) is 0. The number of rotatable bonds is 0. The zero-order valence-electron chi connectivity index (χ0n) is 9.92. The molecule has 7 aliphatic rings. The third-order valence-electron chi connectivity index (χ3n) is 8.06. The summed E-state index contributed by atoms with van der Waals surface area (Å²) in [7, 11) is 0. The molecule has 7 fully saturated rings. The van der Waals surface area contributed by atoms with Gasteiger partial charge in [-0.1, -0.05) is 0 Å². The third-order valence-corrected chi connectivity index (χ3v) is 8.06. The van der Waals surface area contributed by atoms with Gasteiger partial charge in [0.2, 0.25) is 0 Å². The largest absolute Gasteiger partial charge is 0.369 e. The van der Waals surface area contributed by atoms with E-state index in [9.17, 15) is 0 Å². The van der Waals surface area contributed by atoms with E-state index in [2.05, 4.69) is 0 Å². The Balaban J connectivity index is 1.41. The fourth-order valence-corrected chi connectivity index (χ4v) is 7.83. The van der Waals surface area contributed by atoms with Crippen LogP contribution in [-0.2, 0) is 9.47 Å². The van der Waals surface area contributed by atoms with Crippen LogP contribution >= 0.6 is 0 Å². The summed E-state index contributed by atoms with van der Waals surface area (Å²) in [5.41, 5.74) is 0.679. The Hall–Kier alpha value is -0.0800. The summed E-state index contributed by atoms with van der Waals surface area (Å²) < 4.78 is 11.9. The second-order valence-electron chi connectivity index (χ2n) is 8.13. The van der Waals surface area contributed by atoms with Gasteiger partial charge in [0.25, 0.3) is 0 Å². The molecule has 1 spiro atoms. The van der Waals surface area contributed by atoms with Crippen molar-refractivity contribution in [1.82, 2.24) is 0 Å². The van der Waals surface area contributed by atoms with Crippen molar-refractivity contribution in [2.75, 3.05) is 0 Å². The second kappa shape index (κ2) is 2.02. The molecule has 2 heterocycles. The molecule has 5 aliphatic carbocycles. The van der Waals surface area contributed by atoms with E-state index in [1.165, 1.54) is 25.7 Å². The lowest BCUT2D eigenvalue weighted by Gasteiger charge is -2.32. The molecule has 2 nitrogen and oxygen atoms in total. The van der Waals surface area contributed by atoms with E-state index in [0.29, 0.717) is 29.8 Å². The Bertz CT molecular complexity index is 462. The molecule has 7 unspecified atom stereocenters. The van der Waals surface area contributed by atoms with Crippen LogP contribution in [0.3, 0.4) is 0 Å². The van der Waals surface area contributed by atoms with Gasteiger partial charge in [0.15, 0.2) is 0 Å². The van der Waals surface area contributed by atoms with Crippen molar-refractivity contribution < 1.29 is 9.47 Å². The van der Waals surface area contributed by atoms with Gasteiger partial charge in [-0.2, -0.15) is 0 Å². The zero-order valence-corrected chi connectivity index (χ0v) is 9.92. The van der Waals surface area contributed by atoms with Crippen molar-refractivity contribution in [1.29, 1.82) is 0 Å². The monoisotopic (exact) mass is 230 g/mol. The fraction of sp³-hybridized carbons (Fsp3) is 1.00. The first kappa shape index (κ1) is 8.16. The molecule has 90 valence electrons. The molecule has 5 saturated carbocycles. The molecule has 17 heavy (non-hydrogen) atoms. The average molecular weight is 230 g/mol. The highest BCUT2D eigenvalue weighted by molar-refractivity contribution is 5.28. The first-order valence-electron chi connectivity index (χ1n) is 7.68. The van der Waals surface area contributed by atoms with Gasteiger partial charge >= 0.3 is 0 Å². The molecular weight excluding hydrogens is 212 g/mol. The molecule has 4 bridgehead atoms. The van der Waals surface area contributed by atoms with Gasteiger partial charge in [0, 0.05) is 5.41 Å². The smallest absolute Gasteiger partial charge is 0.0903 e. The Labute approximate surface area is 101 Å². The standard InChI is InChI=1S/C15H18O2/c1-5-3-15(14-11(5)17-14)4-8-6-2-7(10(8)9(1)15)13-12(6)16-13/h5-14H,1-4H2/t5?,6?,7?,8?,9?,10?,11-,12-,13+,14-,15?/m0/s1. The van der Waals surface area contributed by atoms with Crippen molar-refractivity contribution in [2.45, 2.75) is 50.1 Å². The number of epoxide rings is 2. The highest BCUT2D eigenvalue weighted by Gasteiger charge is 2.81. The Kier molecular flexibility index (Phi) is 0.968. The fourth-order valence-electron chi connectivity index (χ4n) is 7.83. The van der Waals surface area contributed by atoms with Crippen molar-refractivity contribution in [3.8, 4) is 0 Å². The van der Waals surface area contributed by atoms with E-state index < -0.39 is 0 Å². The maximum absolute atomic E-state index is 6.01. The van der Waals surface area contributed by atoms with E-state index in [4.69, 9.17) is 9.47 Å². The number of hydrogen-bond acceptors (Lipinski definition) is 2. The summed E-state index contributed by atoms with van der Waals surface area (Å²) >= 11 is 0. The van der Waals surface area contributed by atoms with Crippen LogP contribution in [0.1, 0.15) is 25.7 Å². The Morgan fingerprint density at radius 1 is 0.824 bits per heavy atom. The molecule has 2 heteroatoms. The van der Waals surface area contributed by atoms with Crippen molar-refractivity contribution in [3.05, 3.63) is 0 Å². The van der Waals surface area contributed by atoms with Crippen molar-refractivity contribution in [3.63, 3.8) is 0 Å². The molecule has 11 atom stereocenters. The number of hydrogen-bond donors (Lipinski definition) is 0. The number of fused-ring (bicyclic) bond motifs is 12. The lowest BCUT2D eigenvalue weighted by molar-refractivity contribution is 0.117. The van der Waals surface area contributed by atoms with Crippen LogP contribution in [0.15, 0.2) is 0 Å². The molecule has 2 saturated heterocycles. The number of ether oxygens (including phenoxy) is 2. The van der Waals surface area contributed by atoms with E-state index >= 15 is 0 Å². The minimum Gasteiger partial charge on any atom is -0.369 e. The van der Waals surface area contributed by atoms with Crippen molar-refractivity contribution >= 4 is 0 Å². The molecule has 7 rings (SSSR count). The van der Waals surface area contributed by atoms with Gasteiger partial charge in [-0.05, 0) is 61.2 Å². The molecule has 0 aromatic heterocycles. The maximum atomic E-state index is 6.01. The Morgan fingerprint density at radius 3 is 2.71 bits per heavy atom. The lowest BCUT2D eigenvalue weighted by atomic mass is 9.71. The van der Waals surface area contributed by atoms with Crippen LogP contribution in [0.25, 0.3) is 0 Å². The highest BCUT2D eigenvalue weighted by atomic mass is 16.6. The van der Waals surface area contributed by atoms with Crippen LogP contribution in [0.5, 0.6) is 0 Å². The Morgan fingerprint density at radius 2 is 1.76 bits per heavy atom. The minimum absolute atomic E-state index is 0.679. The molecule has 0 amide bonds. The van der Waals surface area contributed by atoms with E-state index in [1.807, 2.05) is 0 Å². The van der Waals surface area contributed by atoms with Gasteiger partial charge < -0.3 is 9.47 Å². The lowest BCUT2D eigenvalue weighted by Crippen LogP contribution is -2.33. The summed E-state index contributed by atoms with van der Waals surface area (Å²) in [6.07, 6.45) is 8.96. The zero-order chi connectivity index (χ0) is 10.5. The molecule has 0 radical (unpaired) electrons. The normalized spacial score (nSPS) is 83.3. The summed E-state index contributed by atoms with van der Waals surface area (Å²) in [6, 6.07) is 0. The van der Waals surface area contributed by atoms with Gasteiger partial charge in [0.05, 0.1) is 24.4 Å². The van der Waals surface area contributed by atoms with Gasteiger partial charge in [0.1, 0.15) is 0 Å². The third kappa shape index (κ3) is 0.631. The average Bonchev–Trinajstić information content (AvgIpc) is 3.13. The predicted octanol–water partition coefficient (Wildman–Crippen LogP) is 1.83. The summed E-state index contributed by atoms with van der Waals surface area (Å²) in [4.78, 5) is 0. The molecular formula is C15H18O2. The SMILES string of the molecule is C1C2C3C(CC45CC(CC34)[C@@H]3O[C@@H]35)C1[C@@H]1O[C@H]21. The summed E-state index contributed by atoms with van der Waals surface area (Å²) in [5.74, 6) is 6.03. The summed E-state index contributed by atoms with van der Waals surface area (Å²) in [6.45, 7) is 0. The molecule has 2 aliphatic heterocycles. The van der Waals surface area contributed by atoms with Crippen molar-refractivity contribution in [2.24, 2.45) is 40.9 Å². The van der Waals surface area contributed by atoms with Crippen LogP contribution < -0.4 is 0 Å². The minimum atomic E-state index is 0.679. The van der Waals surface area contributed by atoms with Gasteiger partial charge in [-0.3, -0.25) is 0 Å². The highest BCUT2D eigenvalue weighted by Crippen LogP contribution is 2.80. The topological polar surface area (TPSA) is 25.1 Å². The first-order chi connectivity index (χ1) is 8.37. The van der Waals surface area contributed by atoms with E-state index in [-0.39, 0.29) is 0 Å². The van der Waals surface area contributed by atoms with Crippen LogP contribution in [0.2, 0.25) is 0 Å². The predicted molar refractivity (Wildman–Crippen MR) is 59.2 cm³/mol. The molecule has 0 aromatic rings. The maximum Gasteiger partial charge on any atom is 0.0903 e. The second-order valence-corrected chi connectivity index (χ2v) is 8.13. The van der Waals surface area contributed by atoms with E-state index in [1.54, 1.807) is 0 Å².